The highest BCUT2D eigenvalue weighted by atomic mass is 35.5. The monoisotopic (exact) mass is 330 g/mol. The summed E-state index contributed by atoms with van der Waals surface area (Å²) in [5, 5.41) is 9.44. The predicted molar refractivity (Wildman–Crippen MR) is 65.3 cm³/mol. The molecule has 1 amide bonds. The highest BCUT2D eigenvalue weighted by molar-refractivity contribution is 6.29. The molecule has 1 unspecified atom stereocenters. The first-order valence-corrected chi connectivity index (χ1v) is 5.75. The average Bonchev–Trinajstić information content (AvgIpc) is 2.35. The zero-order valence-corrected chi connectivity index (χ0v) is 11.4. The first-order valence-electron chi connectivity index (χ1n) is 5.31. The van der Waals surface area contributed by atoms with E-state index in [1.54, 1.807) is 6.20 Å². The first-order chi connectivity index (χ1) is 9.54. The van der Waals surface area contributed by atoms with Crippen molar-refractivity contribution < 1.29 is 32.3 Å². The second kappa shape index (κ2) is 8.40. The van der Waals surface area contributed by atoms with Crippen LogP contribution in [0.25, 0.3) is 0 Å². The smallest absolute Gasteiger partial charge is 0.475 e. The highest BCUT2D eigenvalue weighted by Crippen LogP contribution is 2.13. The van der Waals surface area contributed by atoms with Crippen molar-refractivity contribution in [1.29, 1.82) is 0 Å². The van der Waals surface area contributed by atoms with Gasteiger partial charge >= 0.3 is 12.1 Å². The molecule has 1 aromatic heterocycles. The van der Waals surface area contributed by atoms with Gasteiger partial charge in [0.2, 0.25) is 0 Å². The number of carboxylic acids is 1. The molecule has 0 saturated heterocycles. The highest BCUT2D eigenvalue weighted by Gasteiger charge is 2.38. The Kier molecular flexibility index (Phi) is 7.64. The largest absolute Gasteiger partial charge is 0.490 e. The number of aryl methyl sites for hydroxylation is 1. The fourth-order valence-corrected chi connectivity index (χ4v) is 1.03. The Hall–Kier alpha value is -1.90. The fourth-order valence-electron chi connectivity index (χ4n) is 0.950. The van der Waals surface area contributed by atoms with Crippen LogP contribution >= 0.6 is 11.6 Å². The van der Waals surface area contributed by atoms with Crippen molar-refractivity contribution >= 4 is 23.5 Å². The molecule has 1 rings (SSSR count). The maximum atomic E-state index is 12.2. The molecule has 1 atom stereocenters. The van der Waals surface area contributed by atoms with Crippen LogP contribution in [-0.4, -0.2) is 33.8 Å². The maximum Gasteiger partial charge on any atom is 0.490 e. The van der Waals surface area contributed by atoms with E-state index in [-0.39, 0.29) is 6.54 Å². The van der Waals surface area contributed by atoms with Crippen LogP contribution in [0, 0.1) is 6.92 Å². The number of hydrogen-bond acceptors (Lipinski definition) is 3. The Morgan fingerprint density at radius 1 is 1.48 bits per heavy atom. The van der Waals surface area contributed by atoms with Crippen LogP contribution in [0.3, 0.4) is 0 Å². The molecule has 0 saturated carbocycles. The number of nitrogens with zero attached hydrogens (tertiary/aromatic N) is 1. The summed E-state index contributed by atoms with van der Waals surface area (Å²) in [4.78, 5) is 23.6. The normalized spacial score (nSPS) is 11.9. The van der Waals surface area contributed by atoms with Crippen LogP contribution < -0.4 is 5.32 Å². The van der Waals surface area contributed by atoms with Gasteiger partial charge < -0.3 is 10.4 Å². The molecule has 0 radical (unpaired) electrons. The minimum atomic E-state index is -5.08. The number of pyridine rings is 1. The summed E-state index contributed by atoms with van der Waals surface area (Å²) in [6.45, 7) is 2.10. The van der Waals surface area contributed by atoms with Gasteiger partial charge in [-0.3, -0.25) is 9.78 Å². The molecule has 0 spiro atoms. The molecule has 0 aliphatic heterocycles. The lowest BCUT2D eigenvalue weighted by atomic mass is 10.2. The van der Waals surface area contributed by atoms with Gasteiger partial charge in [0, 0.05) is 6.20 Å². The Morgan fingerprint density at radius 2 is 2.00 bits per heavy atom. The van der Waals surface area contributed by atoms with Crippen molar-refractivity contribution in [1.82, 2.24) is 10.3 Å². The second-order valence-electron chi connectivity index (χ2n) is 3.65. The molecule has 118 valence electrons. The first kappa shape index (κ1) is 19.1. The van der Waals surface area contributed by atoms with Gasteiger partial charge in [-0.15, -0.1) is 0 Å². The van der Waals surface area contributed by atoms with E-state index in [0.29, 0.717) is 5.69 Å². The molecular weight excluding hydrogens is 320 g/mol. The number of rotatable bonds is 3. The van der Waals surface area contributed by atoms with Gasteiger partial charge in [0.1, 0.15) is 0 Å². The van der Waals surface area contributed by atoms with Gasteiger partial charge in [-0.05, 0) is 24.6 Å². The molecule has 0 aliphatic rings. The van der Waals surface area contributed by atoms with Crippen LogP contribution in [0.2, 0.25) is 0 Å². The van der Waals surface area contributed by atoms with Crippen LogP contribution in [0.4, 0.5) is 17.6 Å². The summed E-state index contributed by atoms with van der Waals surface area (Å²) in [6, 6.07) is 3.65. The van der Waals surface area contributed by atoms with Gasteiger partial charge in [-0.2, -0.15) is 13.2 Å². The zero-order valence-electron chi connectivity index (χ0n) is 10.6. The number of alkyl halides is 5. The number of aliphatic carboxylic acids is 1. The van der Waals surface area contributed by atoms with Crippen molar-refractivity contribution in [2.45, 2.75) is 25.3 Å². The van der Waals surface area contributed by atoms with Crippen LogP contribution in [-0.2, 0) is 16.1 Å². The second-order valence-corrected chi connectivity index (χ2v) is 4.03. The third-order valence-corrected chi connectivity index (χ3v) is 2.05. The van der Waals surface area contributed by atoms with Crippen molar-refractivity contribution in [2.75, 3.05) is 0 Å². The van der Waals surface area contributed by atoms with Gasteiger partial charge in [0.15, 0.2) is 0 Å². The molecule has 1 aromatic rings. The summed E-state index contributed by atoms with van der Waals surface area (Å²) < 4.78 is 43.9. The SMILES string of the molecule is Cc1ccnc(CNC(=O)C(F)Cl)c1.O=C(O)C(F)(F)F. The molecule has 10 heteroatoms. The Morgan fingerprint density at radius 3 is 2.38 bits per heavy atom. The average molecular weight is 331 g/mol. The van der Waals surface area contributed by atoms with Gasteiger partial charge in [0.25, 0.3) is 11.5 Å². The lowest BCUT2D eigenvalue weighted by Crippen LogP contribution is -2.28. The number of carbonyl (C=O) groups is 2. The number of hydrogen-bond donors (Lipinski definition) is 2. The molecule has 2 N–H and O–H groups in total. The quantitative estimate of drug-likeness (QED) is 0.657. The summed E-state index contributed by atoms with van der Waals surface area (Å²) >= 11 is 4.93. The van der Waals surface area contributed by atoms with E-state index in [1.165, 1.54) is 0 Å². The van der Waals surface area contributed by atoms with Crippen LogP contribution in [0.5, 0.6) is 0 Å². The lowest BCUT2D eigenvalue weighted by Gasteiger charge is -2.04. The Balaban J connectivity index is 0.000000486. The number of amides is 1. The van der Waals surface area contributed by atoms with E-state index in [0.717, 1.165) is 5.56 Å². The van der Waals surface area contributed by atoms with Crippen molar-refractivity contribution in [2.24, 2.45) is 0 Å². The third-order valence-electron chi connectivity index (χ3n) is 1.86. The van der Waals surface area contributed by atoms with E-state index in [1.807, 2.05) is 19.1 Å². The zero-order chi connectivity index (χ0) is 16.6. The number of carboxylic acid groups (broad SMARTS) is 1. The summed E-state index contributed by atoms with van der Waals surface area (Å²) in [7, 11) is 0. The van der Waals surface area contributed by atoms with Gasteiger partial charge in [-0.25, -0.2) is 9.18 Å². The third kappa shape index (κ3) is 8.79. The van der Waals surface area contributed by atoms with E-state index in [2.05, 4.69) is 10.3 Å². The maximum absolute atomic E-state index is 12.2. The van der Waals surface area contributed by atoms with E-state index in [4.69, 9.17) is 21.5 Å². The number of halogens is 5. The Labute approximate surface area is 121 Å². The van der Waals surface area contributed by atoms with Gasteiger partial charge in [0.05, 0.1) is 12.2 Å². The molecule has 0 bridgehead atoms. The number of aromatic nitrogens is 1. The standard InChI is InChI=1S/C9H10ClFN2O.C2HF3O2/c1-6-2-3-12-7(4-6)5-13-9(14)8(10)11;3-2(4,5)1(6)7/h2-4,8H,5H2,1H3,(H,13,14);(H,6,7). The number of nitrogens with one attached hydrogen (secondary N) is 1. The molecule has 0 aromatic carbocycles. The fraction of sp³-hybridized carbons (Fsp3) is 0.364. The molecule has 5 nitrogen and oxygen atoms in total. The van der Waals surface area contributed by atoms with Crippen LogP contribution in [0.1, 0.15) is 11.3 Å². The molecular formula is C11H11ClF4N2O3. The van der Waals surface area contributed by atoms with Crippen LogP contribution in [0.15, 0.2) is 18.3 Å². The number of carbonyl (C=O) groups excluding carboxylic acids is 1. The van der Waals surface area contributed by atoms with Crippen molar-refractivity contribution in [3.63, 3.8) is 0 Å². The van der Waals surface area contributed by atoms with Crippen molar-refractivity contribution in [3.05, 3.63) is 29.6 Å². The molecule has 1 heterocycles. The summed E-state index contributed by atoms with van der Waals surface area (Å²) in [5.74, 6) is -3.59. The Bertz CT molecular complexity index is 495. The van der Waals surface area contributed by atoms with Gasteiger partial charge in [-0.1, -0.05) is 11.6 Å². The van der Waals surface area contributed by atoms with E-state index >= 15 is 0 Å². The summed E-state index contributed by atoms with van der Waals surface area (Å²) in [6.07, 6.45) is -3.45. The minimum Gasteiger partial charge on any atom is -0.475 e. The molecule has 0 fully saturated rings. The minimum absolute atomic E-state index is 0.188. The molecule has 0 aliphatic carbocycles. The lowest BCUT2D eigenvalue weighted by molar-refractivity contribution is -0.192. The summed E-state index contributed by atoms with van der Waals surface area (Å²) in [5.41, 5.74) is -0.289. The topological polar surface area (TPSA) is 79.3 Å². The van der Waals surface area contributed by atoms with E-state index in [9.17, 15) is 22.4 Å². The molecule has 21 heavy (non-hydrogen) atoms. The predicted octanol–water partition coefficient (Wildman–Crippen LogP) is 2.17. The van der Waals surface area contributed by atoms with Crippen molar-refractivity contribution in [3.8, 4) is 0 Å². The van der Waals surface area contributed by atoms with E-state index < -0.39 is 23.7 Å².